The molecule has 0 saturated carbocycles. The number of hydrogen-bond acceptors (Lipinski definition) is 7. The zero-order valence-electron chi connectivity index (χ0n) is 22.6. The van der Waals surface area contributed by atoms with E-state index in [0.29, 0.717) is 40.1 Å². The molecule has 0 spiro atoms. The molecule has 1 N–H and O–H groups in total. The molecule has 216 valence electrons. The quantitative estimate of drug-likeness (QED) is 0.306. The van der Waals surface area contributed by atoms with Crippen LogP contribution in [0.4, 0.5) is 13.2 Å². The zero-order valence-corrected chi connectivity index (χ0v) is 24.1. The Bertz CT molecular complexity index is 1560. The lowest BCUT2D eigenvalue weighted by molar-refractivity contribution is -0.143. The van der Waals surface area contributed by atoms with Crippen molar-refractivity contribution in [2.75, 3.05) is 33.4 Å². The lowest BCUT2D eigenvalue weighted by Gasteiger charge is -2.42. The predicted octanol–water partition coefficient (Wildman–Crippen LogP) is 4.77. The van der Waals surface area contributed by atoms with Crippen LogP contribution in [0.1, 0.15) is 40.1 Å². The van der Waals surface area contributed by atoms with Crippen LogP contribution in [-0.2, 0) is 6.18 Å². The van der Waals surface area contributed by atoms with Crippen LogP contribution in [-0.4, -0.2) is 79.8 Å². The number of ether oxygens (including phenoxy) is 1. The molecule has 1 aliphatic rings. The summed E-state index contributed by atoms with van der Waals surface area (Å²) in [6.07, 6.45) is -1.89. The first kappa shape index (κ1) is 29.0. The summed E-state index contributed by atoms with van der Waals surface area (Å²) >= 11 is 3.31. The van der Waals surface area contributed by atoms with Crippen molar-refractivity contribution >= 4 is 27.5 Å². The maximum atomic E-state index is 14.3. The predicted molar refractivity (Wildman–Crippen MR) is 149 cm³/mol. The van der Waals surface area contributed by atoms with Crippen LogP contribution >= 0.6 is 15.9 Å². The van der Waals surface area contributed by atoms with Crippen LogP contribution in [0.3, 0.4) is 0 Å². The van der Waals surface area contributed by atoms with Crippen molar-refractivity contribution in [2.45, 2.75) is 32.1 Å². The lowest BCUT2D eigenvalue weighted by Crippen LogP contribution is -2.55. The smallest absolute Gasteiger partial charge is 0.433 e. The van der Waals surface area contributed by atoms with Gasteiger partial charge in [0.25, 0.3) is 5.91 Å². The van der Waals surface area contributed by atoms with Crippen LogP contribution in [0, 0.1) is 6.92 Å². The molecule has 0 bridgehead atoms. The monoisotopic (exact) mass is 632 g/mol. The first-order valence-corrected chi connectivity index (χ1v) is 13.7. The Balaban J connectivity index is 1.48. The number of rotatable bonds is 6. The van der Waals surface area contributed by atoms with Gasteiger partial charge in [-0.25, -0.2) is 14.5 Å². The van der Waals surface area contributed by atoms with E-state index >= 15 is 0 Å². The highest BCUT2D eigenvalue weighted by Crippen LogP contribution is 2.37. The molecule has 4 aromatic rings. The third-order valence-corrected chi connectivity index (χ3v) is 7.88. The second-order valence-electron chi connectivity index (χ2n) is 9.91. The van der Waals surface area contributed by atoms with Gasteiger partial charge in [0, 0.05) is 43.0 Å². The van der Waals surface area contributed by atoms with Gasteiger partial charge in [0.15, 0.2) is 11.3 Å². The zero-order chi connectivity index (χ0) is 29.5. The van der Waals surface area contributed by atoms with Crippen LogP contribution in [0.15, 0.2) is 53.4 Å². The number of halogens is 4. The van der Waals surface area contributed by atoms with Gasteiger partial charge in [-0.2, -0.15) is 18.3 Å². The van der Waals surface area contributed by atoms with E-state index in [-0.39, 0.29) is 41.2 Å². The molecule has 1 fully saturated rings. The number of amides is 1. The Morgan fingerprint density at radius 3 is 2.49 bits per heavy atom. The molecule has 3 aromatic heterocycles. The summed E-state index contributed by atoms with van der Waals surface area (Å²) < 4.78 is 49.5. The van der Waals surface area contributed by atoms with E-state index in [4.69, 9.17) is 4.74 Å². The minimum Gasteiger partial charge on any atom is -0.497 e. The minimum absolute atomic E-state index is 0.0126. The summed E-state index contributed by atoms with van der Waals surface area (Å²) in [5.41, 5.74) is 0.138. The topological polar surface area (TPSA) is 96.1 Å². The standard InChI is InChI=1S/C28H28BrF3N6O3/c1-16-14-36(22(15-39)19-6-9-23(29)33-12-19)10-11-37(16)27(40)21-13-34-38-25(28(30,31)32)17(2)24(35-26(21)38)18-4-7-20(41-3)8-5-18/h4-9,12-13,16,22,39H,10-11,14-15H2,1-3H3/t16-,22-/m1/s1. The molecule has 2 atom stereocenters. The van der Waals surface area contributed by atoms with Crippen molar-refractivity contribution in [2.24, 2.45) is 0 Å². The average Bonchev–Trinajstić information content (AvgIpc) is 3.36. The van der Waals surface area contributed by atoms with Gasteiger partial charge in [0.05, 0.1) is 31.6 Å². The van der Waals surface area contributed by atoms with Crippen molar-refractivity contribution in [3.05, 3.63) is 75.8 Å². The van der Waals surface area contributed by atoms with Gasteiger partial charge in [0.1, 0.15) is 15.9 Å². The number of carbonyl (C=O) groups is 1. The van der Waals surface area contributed by atoms with Crippen LogP contribution in [0.25, 0.3) is 16.9 Å². The van der Waals surface area contributed by atoms with Gasteiger partial charge in [-0.3, -0.25) is 9.69 Å². The second-order valence-corrected chi connectivity index (χ2v) is 10.7. The molecule has 0 unspecified atom stereocenters. The number of aliphatic hydroxyl groups excluding tert-OH is 1. The lowest BCUT2D eigenvalue weighted by atomic mass is 10.0. The second kappa shape index (κ2) is 11.4. The number of fused-ring (bicyclic) bond motifs is 1. The van der Waals surface area contributed by atoms with Crippen molar-refractivity contribution in [3.63, 3.8) is 0 Å². The van der Waals surface area contributed by atoms with E-state index in [0.717, 1.165) is 11.8 Å². The maximum absolute atomic E-state index is 14.3. The highest BCUT2D eigenvalue weighted by atomic mass is 79.9. The Morgan fingerprint density at radius 1 is 1.17 bits per heavy atom. The number of methoxy groups -OCH3 is 1. The normalized spacial score (nSPS) is 17.2. The molecule has 0 radical (unpaired) electrons. The molecular formula is C28H28BrF3N6O3. The Kier molecular flexibility index (Phi) is 8.04. The average molecular weight is 633 g/mol. The van der Waals surface area contributed by atoms with Gasteiger partial charge in [-0.05, 0) is 65.7 Å². The van der Waals surface area contributed by atoms with Crippen molar-refractivity contribution in [1.82, 2.24) is 29.4 Å². The van der Waals surface area contributed by atoms with E-state index in [2.05, 4.69) is 35.9 Å². The molecule has 4 heterocycles. The summed E-state index contributed by atoms with van der Waals surface area (Å²) in [6.45, 7) is 4.29. The van der Waals surface area contributed by atoms with Crippen LogP contribution in [0.5, 0.6) is 5.75 Å². The minimum atomic E-state index is -4.74. The van der Waals surface area contributed by atoms with Gasteiger partial charge in [0.2, 0.25) is 0 Å². The fourth-order valence-electron chi connectivity index (χ4n) is 5.33. The first-order valence-electron chi connectivity index (χ1n) is 12.9. The van der Waals surface area contributed by atoms with Crippen LogP contribution in [0.2, 0.25) is 0 Å². The molecule has 41 heavy (non-hydrogen) atoms. The number of hydrogen-bond donors (Lipinski definition) is 1. The summed E-state index contributed by atoms with van der Waals surface area (Å²) in [5.74, 6) is 0.0971. The van der Waals surface area contributed by atoms with Crippen molar-refractivity contribution < 1.29 is 27.8 Å². The Morgan fingerprint density at radius 2 is 1.90 bits per heavy atom. The number of nitrogens with zero attached hydrogens (tertiary/aromatic N) is 6. The largest absolute Gasteiger partial charge is 0.497 e. The molecule has 5 rings (SSSR count). The number of carbonyl (C=O) groups excluding carboxylic acids is 1. The molecular weight excluding hydrogens is 605 g/mol. The fourth-order valence-corrected chi connectivity index (χ4v) is 5.56. The molecule has 1 saturated heterocycles. The van der Waals surface area contributed by atoms with Crippen molar-refractivity contribution in [3.8, 4) is 17.0 Å². The molecule has 0 aliphatic carbocycles. The highest BCUT2D eigenvalue weighted by Gasteiger charge is 2.39. The van der Waals surface area contributed by atoms with Gasteiger partial charge < -0.3 is 14.7 Å². The van der Waals surface area contributed by atoms with Gasteiger partial charge in [-0.15, -0.1) is 0 Å². The summed E-state index contributed by atoms with van der Waals surface area (Å²) in [7, 11) is 1.50. The van der Waals surface area contributed by atoms with E-state index < -0.39 is 17.8 Å². The molecule has 13 heteroatoms. The Labute approximate surface area is 242 Å². The molecule has 1 amide bonds. The SMILES string of the molecule is COc1ccc(-c2nc3c(C(=O)N4CCN([C@H](CO)c5ccc(Br)nc5)C[C@H]4C)cnn3c(C(F)(F)F)c2C)cc1. The summed E-state index contributed by atoms with van der Waals surface area (Å²) in [6, 6.07) is 9.62. The first-order chi connectivity index (χ1) is 19.5. The number of benzene rings is 1. The van der Waals surface area contributed by atoms with Gasteiger partial charge >= 0.3 is 6.18 Å². The summed E-state index contributed by atoms with van der Waals surface area (Å²) in [5, 5.41) is 14.1. The highest BCUT2D eigenvalue weighted by molar-refractivity contribution is 9.10. The number of piperazine rings is 1. The van der Waals surface area contributed by atoms with Crippen molar-refractivity contribution in [1.29, 1.82) is 0 Å². The number of alkyl halides is 3. The van der Waals surface area contributed by atoms with Gasteiger partial charge in [-0.1, -0.05) is 6.07 Å². The number of aromatic nitrogens is 4. The van der Waals surface area contributed by atoms with Crippen LogP contribution < -0.4 is 4.74 Å². The number of aliphatic hydroxyl groups is 1. The molecule has 1 aliphatic heterocycles. The van der Waals surface area contributed by atoms with E-state index in [9.17, 15) is 23.1 Å². The Hall–Kier alpha value is -3.55. The third-order valence-electron chi connectivity index (χ3n) is 7.41. The molecule has 9 nitrogen and oxygen atoms in total. The molecule has 1 aromatic carbocycles. The van der Waals surface area contributed by atoms with E-state index in [1.54, 1.807) is 41.4 Å². The maximum Gasteiger partial charge on any atom is 0.433 e. The van der Waals surface area contributed by atoms with E-state index in [1.807, 2.05) is 13.0 Å². The fraction of sp³-hybridized carbons (Fsp3) is 0.357. The van der Waals surface area contributed by atoms with E-state index in [1.165, 1.54) is 14.0 Å². The number of pyridine rings is 1. The summed E-state index contributed by atoms with van der Waals surface area (Å²) in [4.78, 5) is 26.2. The third kappa shape index (κ3) is 5.53.